The van der Waals surface area contributed by atoms with E-state index in [0.29, 0.717) is 12.2 Å². The maximum atomic E-state index is 12.8. The van der Waals surface area contributed by atoms with E-state index in [1.54, 1.807) is 6.92 Å². The molecule has 0 radical (unpaired) electrons. The van der Waals surface area contributed by atoms with Gasteiger partial charge in [-0.05, 0) is 26.7 Å². The molecular formula is C41H72N7O21P3S. The number of phosphoric ester groups is 3. The number of amides is 2. The van der Waals surface area contributed by atoms with Gasteiger partial charge >= 0.3 is 23.5 Å². The summed E-state index contributed by atoms with van der Waals surface area (Å²) >= 11 is 1.12. The van der Waals surface area contributed by atoms with Crippen LogP contribution in [0.1, 0.15) is 117 Å². The lowest BCUT2D eigenvalue weighted by atomic mass is 9.87. The highest BCUT2D eigenvalue weighted by Gasteiger charge is 2.50. The molecule has 2 fully saturated rings. The first kappa shape index (κ1) is 62.9. The standard InChI is InChI=1S/C41H72N7O21P3S/c1-25(65-40-28(50)20-27(49)26(2)66-40)14-12-10-8-6-5-7-9-11-13-15-31(52)73-19-18-43-30(51)16-17-44-38(55)35(54)41(3,4)22-64-72(61,62)69-71(59,60)63-21-29-34(68-70(56,57)58)33(53)39(67-29)48-24-47-32-36(42)45-23-46-37(32)48/h23-29,33-35,39-40,49-50,53-54H,5-22H2,1-4H3,(H,43,51)(H,44,55)(H,59,60)(H,61,62)(H2,42,45,46)(H2,56,57,58)/t25-,26+,27-,28-,29-,33-,34-,35+,39-,40-/m1/s1. The second kappa shape index (κ2) is 29.2. The first-order chi connectivity index (χ1) is 34.2. The number of unbranched alkanes of at least 4 members (excludes halogenated alkanes) is 8. The topological polar surface area (TPSA) is 423 Å². The highest BCUT2D eigenvalue weighted by molar-refractivity contribution is 8.13. The number of hydrogen-bond acceptors (Lipinski definition) is 22. The van der Waals surface area contributed by atoms with Crippen LogP contribution in [-0.4, -0.2) is 164 Å². The highest BCUT2D eigenvalue weighted by Crippen LogP contribution is 2.61. The van der Waals surface area contributed by atoms with E-state index in [-0.39, 0.29) is 60.2 Å². The first-order valence-electron chi connectivity index (χ1n) is 23.9. The van der Waals surface area contributed by atoms with Gasteiger partial charge in [-0.3, -0.25) is 32.5 Å². The first-order valence-corrected chi connectivity index (χ1v) is 29.4. The van der Waals surface area contributed by atoms with Crippen LogP contribution in [0.15, 0.2) is 12.7 Å². The Balaban J connectivity index is 1.03. The molecule has 32 heteroatoms. The minimum atomic E-state index is -5.59. The Morgan fingerprint density at radius 3 is 2.21 bits per heavy atom. The van der Waals surface area contributed by atoms with Crippen LogP contribution in [0.3, 0.4) is 0 Å². The quantitative estimate of drug-likeness (QED) is 0.0360. The Kier molecular flexibility index (Phi) is 25.2. The van der Waals surface area contributed by atoms with Crippen molar-refractivity contribution in [2.45, 2.75) is 173 Å². The number of nitrogens with zero attached hydrogens (tertiary/aromatic N) is 4. The summed E-state index contributed by atoms with van der Waals surface area (Å²) in [6.45, 7) is 4.21. The molecule has 4 heterocycles. The van der Waals surface area contributed by atoms with Crippen molar-refractivity contribution in [2.75, 3.05) is 37.8 Å². The van der Waals surface area contributed by atoms with Crippen LogP contribution < -0.4 is 16.4 Å². The number of thioether (sulfide) groups is 1. The monoisotopic (exact) mass is 1120 g/mol. The molecule has 12 atom stereocenters. The molecule has 0 aromatic carbocycles. The number of aromatic nitrogens is 4. The highest BCUT2D eigenvalue weighted by atomic mass is 32.2. The lowest BCUT2D eigenvalue weighted by Crippen LogP contribution is -2.48. The van der Waals surface area contributed by atoms with E-state index in [1.807, 2.05) is 6.92 Å². The van der Waals surface area contributed by atoms with E-state index in [0.717, 1.165) is 93.2 Å². The number of imidazole rings is 1. The predicted octanol–water partition coefficient (Wildman–Crippen LogP) is 2.22. The number of fused-ring (bicyclic) bond motifs is 1. The van der Waals surface area contributed by atoms with Crippen LogP contribution in [0.4, 0.5) is 5.82 Å². The van der Waals surface area contributed by atoms with E-state index in [1.165, 1.54) is 13.8 Å². The molecule has 4 rings (SSSR count). The summed E-state index contributed by atoms with van der Waals surface area (Å²) < 4.78 is 73.9. The maximum Gasteiger partial charge on any atom is 0.481 e. The number of nitrogen functional groups attached to an aromatic ring is 1. The van der Waals surface area contributed by atoms with Gasteiger partial charge in [0, 0.05) is 43.5 Å². The Hall–Kier alpha value is -2.60. The summed E-state index contributed by atoms with van der Waals surface area (Å²) in [7, 11) is -16.4. The molecule has 2 aromatic rings. The van der Waals surface area contributed by atoms with E-state index in [9.17, 15) is 68.1 Å². The Morgan fingerprint density at radius 1 is 0.890 bits per heavy atom. The van der Waals surface area contributed by atoms with E-state index in [2.05, 4.69) is 34.4 Å². The number of aliphatic hydroxyl groups excluding tert-OH is 4. The van der Waals surface area contributed by atoms with Crippen molar-refractivity contribution in [3.05, 3.63) is 12.7 Å². The number of rotatable bonds is 33. The average molecular weight is 1120 g/mol. The summed E-state index contributed by atoms with van der Waals surface area (Å²) in [6.07, 6.45) is 1.28. The molecule has 0 aliphatic carbocycles. The van der Waals surface area contributed by atoms with Crippen molar-refractivity contribution >= 4 is 69.1 Å². The van der Waals surface area contributed by atoms with Gasteiger partial charge in [0.1, 0.15) is 42.4 Å². The Labute approximate surface area is 426 Å². The fourth-order valence-corrected chi connectivity index (χ4v) is 11.2. The van der Waals surface area contributed by atoms with Crippen molar-refractivity contribution in [3.8, 4) is 0 Å². The van der Waals surface area contributed by atoms with Crippen molar-refractivity contribution in [3.63, 3.8) is 0 Å². The van der Waals surface area contributed by atoms with Gasteiger partial charge < -0.3 is 70.6 Å². The molecule has 418 valence electrons. The SMILES string of the molecule is C[C@H](CCCCCCCCCCCC(=O)SCCNC(=O)CCNC(=O)[C@H](O)C(C)(C)COP(=O)(O)OP(=O)(O)OC[C@H]1O[C@@H](n2cnc3c(N)ncnc32)[C@H](O)[C@@H]1OP(=O)(O)O)O[C@@H]1O[C@@H](C)[C@H](O)C[C@H]1O. The summed E-state index contributed by atoms with van der Waals surface area (Å²) in [5.74, 6) is -1.10. The molecule has 0 bridgehead atoms. The van der Waals surface area contributed by atoms with Crippen LogP contribution in [-0.2, 0) is 60.2 Å². The molecule has 2 saturated heterocycles. The smallest absolute Gasteiger partial charge is 0.390 e. The third kappa shape index (κ3) is 21.4. The minimum Gasteiger partial charge on any atom is -0.390 e. The third-order valence-electron chi connectivity index (χ3n) is 11.8. The van der Waals surface area contributed by atoms with Crippen LogP contribution in [0.5, 0.6) is 0 Å². The van der Waals surface area contributed by atoms with E-state index in [4.69, 9.17) is 29.0 Å². The fourth-order valence-electron chi connectivity index (χ4n) is 7.67. The van der Waals surface area contributed by atoms with Gasteiger partial charge in [-0.25, -0.2) is 28.6 Å². The molecule has 2 aromatic heterocycles. The number of phosphoric acid groups is 3. The number of carbonyl (C=O) groups excluding carboxylic acids is 3. The summed E-state index contributed by atoms with van der Waals surface area (Å²) in [5.41, 5.74) is 4.26. The summed E-state index contributed by atoms with van der Waals surface area (Å²) in [5, 5.41) is 46.5. The van der Waals surface area contributed by atoms with Gasteiger partial charge in [0.25, 0.3) is 0 Å². The lowest BCUT2D eigenvalue weighted by molar-refractivity contribution is -0.273. The van der Waals surface area contributed by atoms with Crippen LogP contribution in [0.2, 0.25) is 0 Å². The molecular weight excluding hydrogens is 1050 g/mol. The van der Waals surface area contributed by atoms with E-state index < -0.39 is 103 Å². The van der Waals surface area contributed by atoms with Gasteiger partial charge in [-0.1, -0.05) is 77.0 Å². The molecule has 2 unspecified atom stereocenters. The Morgan fingerprint density at radius 2 is 1.53 bits per heavy atom. The molecule has 73 heavy (non-hydrogen) atoms. The van der Waals surface area contributed by atoms with Crippen molar-refractivity contribution in [2.24, 2.45) is 5.41 Å². The van der Waals surface area contributed by atoms with Crippen LogP contribution in [0, 0.1) is 5.41 Å². The second-order valence-electron chi connectivity index (χ2n) is 18.5. The van der Waals surface area contributed by atoms with Crippen molar-refractivity contribution < 1.29 is 100 Å². The zero-order valence-corrected chi connectivity index (χ0v) is 44.7. The maximum absolute atomic E-state index is 12.8. The molecule has 2 aliphatic heterocycles. The average Bonchev–Trinajstić information content (AvgIpc) is 3.86. The van der Waals surface area contributed by atoms with Gasteiger partial charge in [-0.15, -0.1) is 0 Å². The number of carbonyl (C=O) groups is 3. The van der Waals surface area contributed by atoms with E-state index >= 15 is 0 Å². The number of anilines is 1. The van der Waals surface area contributed by atoms with Crippen molar-refractivity contribution in [1.29, 1.82) is 0 Å². The summed E-state index contributed by atoms with van der Waals surface area (Å²) in [6, 6.07) is 0. The Bertz CT molecular complexity index is 2230. The third-order valence-corrected chi connectivity index (χ3v) is 15.8. The fraction of sp³-hybridized carbons (Fsp3) is 0.805. The molecule has 2 aliphatic rings. The second-order valence-corrected chi connectivity index (χ2v) is 23.9. The molecule has 2 amide bonds. The minimum absolute atomic E-state index is 0.0267. The molecule has 12 N–H and O–H groups in total. The summed E-state index contributed by atoms with van der Waals surface area (Å²) in [4.78, 5) is 88.5. The molecule has 0 spiro atoms. The van der Waals surface area contributed by atoms with Gasteiger partial charge in [0.2, 0.25) is 11.8 Å². The van der Waals surface area contributed by atoms with Crippen molar-refractivity contribution in [1.82, 2.24) is 30.2 Å². The lowest BCUT2D eigenvalue weighted by Gasteiger charge is -2.36. The van der Waals surface area contributed by atoms with Gasteiger partial charge in [0.15, 0.2) is 29.1 Å². The predicted molar refractivity (Wildman–Crippen MR) is 259 cm³/mol. The largest absolute Gasteiger partial charge is 0.481 e. The number of aliphatic hydroxyl groups is 4. The number of nitrogens with one attached hydrogen (secondary N) is 2. The normalized spacial score (nSPS) is 25.2. The van der Waals surface area contributed by atoms with Gasteiger partial charge in [-0.2, -0.15) is 4.31 Å². The number of nitrogens with two attached hydrogens (primary N) is 1. The van der Waals surface area contributed by atoms with Gasteiger partial charge in [0.05, 0.1) is 37.9 Å². The van der Waals surface area contributed by atoms with Crippen LogP contribution in [0.25, 0.3) is 11.2 Å². The van der Waals surface area contributed by atoms with Crippen LogP contribution >= 0.6 is 35.2 Å². The molecule has 28 nitrogen and oxygen atoms in total. The number of ether oxygens (including phenoxy) is 3. The molecule has 0 saturated carbocycles. The number of hydrogen-bond donors (Lipinski definition) is 11. The zero-order chi connectivity index (χ0) is 54.1. The zero-order valence-electron chi connectivity index (χ0n) is 41.2.